The van der Waals surface area contributed by atoms with Gasteiger partial charge >= 0.3 is 0 Å². The molecule has 1 aliphatic heterocycles. The summed E-state index contributed by atoms with van der Waals surface area (Å²) in [4.78, 5) is 18.4. The summed E-state index contributed by atoms with van der Waals surface area (Å²) in [7, 11) is 0. The number of hydrogen-bond acceptors (Lipinski definition) is 7. The third-order valence-corrected chi connectivity index (χ3v) is 6.61. The van der Waals surface area contributed by atoms with Gasteiger partial charge in [-0.15, -0.1) is 5.10 Å². The van der Waals surface area contributed by atoms with Crippen molar-refractivity contribution in [2.75, 3.05) is 19.8 Å². The fourth-order valence-electron chi connectivity index (χ4n) is 5.00. The van der Waals surface area contributed by atoms with Gasteiger partial charge in [-0.05, 0) is 73.0 Å². The lowest BCUT2D eigenvalue weighted by molar-refractivity contribution is 0.0885. The number of nitrogens with one attached hydrogen (secondary N) is 1. The van der Waals surface area contributed by atoms with Gasteiger partial charge in [-0.3, -0.25) is 9.69 Å². The van der Waals surface area contributed by atoms with Crippen LogP contribution in [0.15, 0.2) is 23.0 Å². The monoisotopic (exact) mass is 468 g/mol. The van der Waals surface area contributed by atoms with Gasteiger partial charge in [0.25, 0.3) is 5.56 Å². The number of aliphatic hydroxyl groups is 1. The first-order valence-electron chi connectivity index (χ1n) is 12.4. The Labute approximate surface area is 200 Å². The number of tetrazole rings is 1. The molecule has 4 rings (SSSR count). The number of nitrogens with zero attached hydrogens (tertiary/aromatic N) is 5. The van der Waals surface area contributed by atoms with Crippen LogP contribution in [0.2, 0.25) is 0 Å². The summed E-state index contributed by atoms with van der Waals surface area (Å²) in [5.74, 6) is 0.791. The van der Waals surface area contributed by atoms with E-state index in [1.807, 2.05) is 17.7 Å². The number of hydrogen-bond donors (Lipinski definition) is 2. The zero-order chi connectivity index (χ0) is 24.1. The second kappa shape index (κ2) is 11.2. The molecule has 1 saturated heterocycles. The van der Waals surface area contributed by atoms with E-state index in [1.165, 1.54) is 0 Å². The van der Waals surface area contributed by atoms with E-state index in [1.54, 1.807) is 0 Å². The average Bonchev–Trinajstić information content (AvgIpc) is 3.49. The largest absolute Gasteiger partial charge is 0.396 e. The van der Waals surface area contributed by atoms with E-state index in [9.17, 15) is 9.90 Å². The van der Waals surface area contributed by atoms with E-state index in [0.717, 1.165) is 60.1 Å². The standard InChI is InChI=1S/C25H36N6O3/c1-4-7-22(24-27-28-29-31(24)16-21-8-5-11-34-21)30(9-6-10-32)15-20-14-19-13-17(2)12-18(3)23(19)26-25(20)33/h12-14,21-22,32H,4-11,15-16H2,1-3H3,(H,26,33)/t21-,22+/m0/s1. The smallest absolute Gasteiger partial charge is 0.252 e. The number of aryl methyl sites for hydroxylation is 2. The molecule has 1 aliphatic rings. The van der Waals surface area contributed by atoms with Crippen molar-refractivity contribution in [1.82, 2.24) is 30.1 Å². The number of benzene rings is 1. The molecule has 3 aromatic rings. The molecular weight excluding hydrogens is 432 g/mol. The molecule has 0 bridgehead atoms. The predicted octanol–water partition coefficient (Wildman–Crippen LogP) is 3.04. The van der Waals surface area contributed by atoms with Gasteiger partial charge in [0.05, 0.1) is 24.2 Å². The molecule has 2 atom stereocenters. The summed E-state index contributed by atoms with van der Waals surface area (Å²) in [6.45, 7) is 8.81. The Bertz CT molecular complexity index is 1150. The van der Waals surface area contributed by atoms with Gasteiger partial charge < -0.3 is 14.8 Å². The van der Waals surface area contributed by atoms with Crippen molar-refractivity contribution >= 4 is 10.9 Å². The van der Waals surface area contributed by atoms with Crippen LogP contribution in [0.25, 0.3) is 10.9 Å². The maximum atomic E-state index is 13.1. The topological polar surface area (TPSA) is 109 Å². The summed E-state index contributed by atoms with van der Waals surface area (Å²) in [5.41, 5.74) is 3.73. The fraction of sp³-hybridized carbons (Fsp3) is 0.600. The van der Waals surface area contributed by atoms with Crippen LogP contribution in [0.1, 0.15) is 67.6 Å². The lowest BCUT2D eigenvalue weighted by atomic mass is 10.0. The summed E-state index contributed by atoms with van der Waals surface area (Å²) < 4.78 is 7.67. The summed E-state index contributed by atoms with van der Waals surface area (Å²) in [5, 5.41) is 23.2. The van der Waals surface area contributed by atoms with Gasteiger partial charge in [-0.1, -0.05) is 25.0 Å². The van der Waals surface area contributed by atoms with E-state index in [-0.39, 0.29) is 24.3 Å². The molecule has 3 heterocycles. The van der Waals surface area contributed by atoms with Gasteiger partial charge in [0, 0.05) is 31.9 Å². The predicted molar refractivity (Wildman–Crippen MR) is 131 cm³/mol. The lowest BCUT2D eigenvalue weighted by Gasteiger charge is -2.31. The number of rotatable bonds is 11. The molecule has 2 aromatic heterocycles. The van der Waals surface area contributed by atoms with Gasteiger partial charge in [-0.2, -0.15) is 0 Å². The number of aromatic amines is 1. The van der Waals surface area contributed by atoms with E-state index in [4.69, 9.17) is 4.74 Å². The van der Waals surface area contributed by atoms with Crippen LogP contribution in [0.4, 0.5) is 0 Å². The summed E-state index contributed by atoms with van der Waals surface area (Å²) in [6.07, 6.45) is 4.60. The average molecular weight is 469 g/mol. The van der Waals surface area contributed by atoms with E-state index < -0.39 is 0 Å². The van der Waals surface area contributed by atoms with E-state index >= 15 is 0 Å². The van der Waals surface area contributed by atoms with Crippen LogP contribution in [0.5, 0.6) is 0 Å². The van der Waals surface area contributed by atoms with Gasteiger partial charge in [0.1, 0.15) is 0 Å². The first-order chi connectivity index (χ1) is 16.5. The normalized spacial score (nSPS) is 17.1. The number of H-pyrrole nitrogens is 1. The molecule has 0 radical (unpaired) electrons. The SMILES string of the molecule is CCC[C@H](c1nnnn1C[C@@H]1CCCO1)N(CCCO)Cc1cc2cc(C)cc(C)c2[nH]c1=O. The highest BCUT2D eigenvalue weighted by Crippen LogP contribution is 2.27. The molecule has 9 heteroatoms. The van der Waals surface area contributed by atoms with Crippen molar-refractivity contribution in [3.8, 4) is 0 Å². The third kappa shape index (κ3) is 5.54. The van der Waals surface area contributed by atoms with Crippen molar-refractivity contribution in [2.45, 2.75) is 78.1 Å². The molecule has 34 heavy (non-hydrogen) atoms. The quantitative estimate of drug-likeness (QED) is 0.445. The van der Waals surface area contributed by atoms with Crippen LogP contribution >= 0.6 is 0 Å². The number of aliphatic hydroxyl groups excluding tert-OH is 1. The molecule has 0 aliphatic carbocycles. The molecule has 1 fully saturated rings. The number of ether oxygens (including phenoxy) is 1. The first-order valence-corrected chi connectivity index (χ1v) is 12.4. The highest BCUT2D eigenvalue weighted by atomic mass is 16.5. The maximum Gasteiger partial charge on any atom is 0.252 e. The second-order valence-electron chi connectivity index (χ2n) is 9.38. The Morgan fingerprint density at radius 2 is 2.18 bits per heavy atom. The third-order valence-electron chi connectivity index (χ3n) is 6.61. The van der Waals surface area contributed by atoms with Gasteiger partial charge in [0.15, 0.2) is 5.82 Å². The molecule has 0 amide bonds. The van der Waals surface area contributed by atoms with Crippen LogP contribution < -0.4 is 5.56 Å². The van der Waals surface area contributed by atoms with Crippen LogP contribution in [0, 0.1) is 13.8 Å². The van der Waals surface area contributed by atoms with E-state index in [0.29, 0.717) is 31.6 Å². The Morgan fingerprint density at radius 1 is 1.32 bits per heavy atom. The van der Waals surface area contributed by atoms with Crippen molar-refractivity contribution in [3.05, 3.63) is 51.1 Å². The van der Waals surface area contributed by atoms with Crippen molar-refractivity contribution in [3.63, 3.8) is 0 Å². The van der Waals surface area contributed by atoms with Crippen LogP contribution in [-0.4, -0.2) is 61.1 Å². The van der Waals surface area contributed by atoms with Crippen LogP contribution in [-0.2, 0) is 17.8 Å². The zero-order valence-corrected chi connectivity index (χ0v) is 20.5. The summed E-state index contributed by atoms with van der Waals surface area (Å²) in [6, 6.07) is 6.11. The highest BCUT2D eigenvalue weighted by Gasteiger charge is 2.28. The molecule has 2 N–H and O–H groups in total. The summed E-state index contributed by atoms with van der Waals surface area (Å²) >= 11 is 0. The second-order valence-corrected chi connectivity index (χ2v) is 9.38. The minimum Gasteiger partial charge on any atom is -0.396 e. The minimum absolute atomic E-state index is 0.0673. The number of pyridine rings is 1. The number of fused-ring (bicyclic) bond motifs is 1. The van der Waals surface area contributed by atoms with Gasteiger partial charge in [0.2, 0.25) is 0 Å². The number of aromatic nitrogens is 5. The first kappa shape index (κ1) is 24.5. The molecule has 0 unspecified atom stereocenters. The maximum absolute atomic E-state index is 13.1. The molecule has 0 spiro atoms. The lowest BCUT2D eigenvalue weighted by Crippen LogP contribution is -2.34. The molecule has 184 valence electrons. The Kier molecular flexibility index (Phi) is 8.07. The van der Waals surface area contributed by atoms with Crippen molar-refractivity contribution in [1.29, 1.82) is 0 Å². The van der Waals surface area contributed by atoms with Crippen molar-refractivity contribution < 1.29 is 9.84 Å². The Hall–Kier alpha value is -2.62. The zero-order valence-electron chi connectivity index (χ0n) is 20.5. The fourth-order valence-corrected chi connectivity index (χ4v) is 5.00. The highest BCUT2D eigenvalue weighted by molar-refractivity contribution is 5.82. The molecule has 0 saturated carbocycles. The van der Waals surface area contributed by atoms with E-state index in [2.05, 4.69) is 51.4 Å². The minimum atomic E-state index is -0.0809. The van der Waals surface area contributed by atoms with Gasteiger partial charge in [-0.25, -0.2) is 4.68 Å². The molecule has 1 aromatic carbocycles. The Balaban J connectivity index is 1.67. The molecule has 9 nitrogen and oxygen atoms in total. The van der Waals surface area contributed by atoms with Crippen molar-refractivity contribution in [2.24, 2.45) is 0 Å². The van der Waals surface area contributed by atoms with Crippen LogP contribution in [0.3, 0.4) is 0 Å². The Morgan fingerprint density at radius 3 is 2.91 bits per heavy atom. The molecular formula is C25H36N6O3.